The number of aromatic nitrogens is 2. The summed E-state index contributed by atoms with van der Waals surface area (Å²) in [5.74, 6) is -0.815. The first-order valence-electron chi connectivity index (χ1n) is 5.33. The molecule has 1 N–H and O–H groups in total. The van der Waals surface area contributed by atoms with Crippen LogP contribution >= 0.6 is 11.6 Å². The van der Waals surface area contributed by atoms with E-state index in [0.717, 1.165) is 13.2 Å². The largest absolute Gasteiger partial charge is 0.465 e. The lowest BCUT2D eigenvalue weighted by molar-refractivity contribution is -0.137. The van der Waals surface area contributed by atoms with E-state index < -0.39 is 17.7 Å². The van der Waals surface area contributed by atoms with Gasteiger partial charge in [0.15, 0.2) is 0 Å². The first-order valence-corrected chi connectivity index (χ1v) is 5.71. The Balaban J connectivity index is 2.71. The summed E-state index contributed by atoms with van der Waals surface area (Å²) in [5, 5.41) is 5.70. The third-order valence-corrected chi connectivity index (χ3v) is 2.92. The minimum absolute atomic E-state index is 0.124. The Labute approximate surface area is 116 Å². The summed E-state index contributed by atoms with van der Waals surface area (Å²) in [6, 6.07) is 3.09. The number of carbonyl (C=O) groups excluding carboxylic acids is 1. The smallest absolute Gasteiger partial charge is 0.417 e. The van der Waals surface area contributed by atoms with Crippen LogP contribution in [0.2, 0.25) is 5.02 Å². The molecule has 2 rings (SSSR count). The van der Waals surface area contributed by atoms with Crippen molar-refractivity contribution in [3.05, 3.63) is 40.5 Å². The maximum atomic E-state index is 13.0. The average Bonchev–Trinajstić information content (AvgIpc) is 2.90. The Morgan fingerprint density at radius 1 is 1.40 bits per heavy atom. The Morgan fingerprint density at radius 3 is 2.60 bits per heavy atom. The number of rotatable bonds is 2. The van der Waals surface area contributed by atoms with E-state index in [2.05, 4.69) is 14.9 Å². The molecule has 0 amide bonds. The molecule has 4 nitrogen and oxygen atoms in total. The van der Waals surface area contributed by atoms with E-state index in [9.17, 15) is 18.0 Å². The minimum atomic E-state index is -4.61. The number of ether oxygens (including phenoxy) is 1. The number of nitrogens with zero attached hydrogens (tertiary/aromatic N) is 1. The highest BCUT2D eigenvalue weighted by atomic mass is 35.5. The van der Waals surface area contributed by atoms with Crippen molar-refractivity contribution in [2.75, 3.05) is 7.11 Å². The van der Waals surface area contributed by atoms with Gasteiger partial charge in [0.05, 0.1) is 29.0 Å². The van der Waals surface area contributed by atoms with Crippen molar-refractivity contribution in [1.29, 1.82) is 0 Å². The van der Waals surface area contributed by atoms with Gasteiger partial charge in [0.2, 0.25) is 0 Å². The SMILES string of the molecule is COC(=O)c1cc(-c2ccn[nH]2)c(C(F)(F)F)cc1Cl. The standard InChI is InChI=1S/C12H8ClF3N2O2/c1-20-11(19)7-4-6(10-2-3-17-18-10)8(5-9(7)13)12(14,15)16/h2-5H,1H3,(H,17,18). The highest BCUT2D eigenvalue weighted by molar-refractivity contribution is 6.33. The van der Waals surface area contributed by atoms with Crippen LogP contribution in [0.25, 0.3) is 11.3 Å². The number of nitrogens with one attached hydrogen (secondary N) is 1. The molecule has 0 saturated carbocycles. The highest BCUT2D eigenvalue weighted by Crippen LogP contribution is 2.39. The van der Waals surface area contributed by atoms with Gasteiger partial charge in [-0.1, -0.05) is 11.6 Å². The summed E-state index contributed by atoms with van der Waals surface area (Å²) in [5.41, 5.74) is -1.20. The molecule has 0 saturated heterocycles. The summed E-state index contributed by atoms with van der Waals surface area (Å²) in [6.45, 7) is 0. The van der Waals surface area contributed by atoms with E-state index in [1.807, 2.05) is 0 Å². The molecular weight excluding hydrogens is 297 g/mol. The number of methoxy groups -OCH3 is 1. The summed E-state index contributed by atoms with van der Waals surface area (Å²) in [7, 11) is 1.12. The summed E-state index contributed by atoms with van der Waals surface area (Å²) in [4.78, 5) is 11.5. The molecule has 0 atom stereocenters. The molecule has 1 aromatic carbocycles. The summed E-state index contributed by atoms with van der Waals surface area (Å²) >= 11 is 5.72. The lowest BCUT2D eigenvalue weighted by atomic mass is 10.0. The van der Waals surface area contributed by atoms with Crippen molar-refractivity contribution < 1.29 is 22.7 Å². The molecule has 0 aliphatic heterocycles. The van der Waals surface area contributed by atoms with E-state index >= 15 is 0 Å². The van der Waals surface area contributed by atoms with Crippen LogP contribution in [0.3, 0.4) is 0 Å². The van der Waals surface area contributed by atoms with Crippen LogP contribution in [-0.4, -0.2) is 23.3 Å². The lowest BCUT2D eigenvalue weighted by Crippen LogP contribution is -2.10. The molecule has 0 aliphatic carbocycles. The Morgan fingerprint density at radius 2 is 2.10 bits per heavy atom. The first kappa shape index (κ1) is 14.4. The van der Waals surface area contributed by atoms with Crippen molar-refractivity contribution >= 4 is 17.6 Å². The Kier molecular flexibility index (Phi) is 3.71. The van der Waals surface area contributed by atoms with Crippen molar-refractivity contribution in [3.8, 4) is 11.3 Å². The molecule has 0 fully saturated rings. The zero-order chi connectivity index (χ0) is 14.9. The summed E-state index contributed by atoms with van der Waals surface area (Å²) in [6.07, 6.45) is -3.30. The number of carbonyl (C=O) groups is 1. The van der Waals surface area contributed by atoms with E-state index in [0.29, 0.717) is 6.07 Å². The third-order valence-electron chi connectivity index (χ3n) is 2.61. The molecule has 20 heavy (non-hydrogen) atoms. The van der Waals surface area contributed by atoms with Gasteiger partial charge in [-0.3, -0.25) is 5.10 Å². The van der Waals surface area contributed by atoms with E-state index in [4.69, 9.17) is 11.6 Å². The van der Waals surface area contributed by atoms with Gasteiger partial charge >= 0.3 is 12.1 Å². The van der Waals surface area contributed by atoms with Gasteiger partial charge in [0, 0.05) is 11.8 Å². The molecule has 106 valence electrons. The predicted octanol–water partition coefficient (Wildman–Crippen LogP) is 3.54. The van der Waals surface area contributed by atoms with Crippen LogP contribution in [-0.2, 0) is 10.9 Å². The number of alkyl halides is 3. The highest BCUT2D eigenvalue weighted by Gasteiger charge is 2.35. The average molecular weight is 305 g/mol. The number of H-pyrrole nitrogens is 1. The predicted molar refractivity (Wildman–Crippen MR) is 65.4 cm³/mol. The molecule has 2 aromatic rings. The van der Waals surface area contributed by atoms with Crippen LogP contribution in [0.15, 0.2) is 24.4 Å². The van der Waals surface area contributed by atoms with Gasteiger partial charge < -0.3 is 4.74 Å². The maximum Gasteiger partial charge on any atom is 0.417 e. The number of hydrogen-bond acceptors (Lipinski definition) is 3. The quantitative estimate of drug-likeness (QED) is 0.863. The zero-order valence-corrected chi connectivity index (χ0v) is 10.8. The fourth-order valence-electron chi connectivity index (χ4n) is 1.70. The topological polar surface area (TPSA) is 55.0 Å². The van der Waals surface area contributed by atoms with E-state index in [-0.39, 0.29) is 21.8 Å². The van der Waals surface area contributed by atoms with Gasteiger partial charge in [0.1, 0.15) is 0 Å². The molecule has 0 radical (unpaired) electrons. The monoisotopic (exact) mass is 304 g/mol. The molecule has 1 heterocycles. The fourth-order valence-corrected chi connectivity index (χ4v) is 1.94. The van der Waals surface area contributed by atoms with Gasteiger partial charge in [-0.25, -0.2) is 4.79 Å². The van der Waals surface area contributed by atoms with E-state index in [1.54, 1.807) is 0 Å². The molecule has 0 aliphatic rings. The van der Waals surface area contributed by atoms with Crippen LogP contribution in [0.5, 0.6) is 0 Å². The van der Waals surface area contributed by atoms with Crippen LogP contribution in [0, 0.1) is 0 Å². The summed E-state index contributed by atoms with van der Waals surface area (Å²) < 4.78 is 43.6. The number of aromatic amines is 1. The number of benzene rings is 1. The normalized spacial score (nSPS) is 11.4. The Bertz CT molecular complexity index is 639. The zero-order valence-electron chi connectivity index (χ0n) is 10.1. The lowest BCUT2D eigenvalue weighted by Gasteiger charge is -2.14. The second-order valence-corrected chi connectivity index (χ2v) is 4.24. The first-order chi connectivity index (χ1) is 9.34. The van der Waals surface area contributed by atoms with Crippen molar-refractivity contribution in [3.63, 3.8) is 0 Å². The molecule has 0 bridgehead atoms. The minimum Gasteiger partial charge on any atom is -0.465 e. The van der Waals surface area contributed by atoms with Crippen LogP contribution in [0.4, 0.5) is 13.2 Å². The molecule has 0 spiro atoms. The molecule has 8 heteroatoms. The molecule has 1 aromatic heterocycles. The van der Waals surface area contributed by atoms with Crippen molar-refractivity contribution in [2.45, 2.75) is 6.18 Å². The van der Waals surface area contributed by atoms with Crippen molar-refractivity contribution in [2.24, 2.45) is 0 Å². The van der Waals surface area contributed by atoms with Gasteiger partial charge in [-0.2, -0.15) is 18.3 Å². The Hall–Kier alpha value is -2.02. The fraction of sp³-hybridized carbons (Fsp3) is 0.167. The second kappa shape index (κ2) is 5.16. The van der Waals surface area contributed by atoms with Crippen molar-refractivity contribution in [1.82, 2.24) is 10.2 Å². The molecule has 0 unspecified atom stereocenters. The maximum absolute atomic E-state index is 13.0. The van der Waals surface area contributed by atoms with E-state index in [1.165, 1.54) is 12.3 Å². The van der Waals surface area contributed by atoms with Gasteiger partial charge in [-0.15, -0.1) is 0 Å². The van der Waals surface area contributed by atoms with Gasteiger partial charge in [-0.05, 0) is 18.2 Å². The number of esters is 1. The second-order valence-electron chi connectivity index (χ2n) is 3.84. The van der Waals surface area contributed by atoms with Gasteiger partial charge in [0.25, 0.3) is 0 Å². The van der Waals surface area contributed by atoms with Crippen LogP contribution in [0.1, 0.15) is 15.9 Å². The number of halogens is 4. The third kappa shape index (κ3) is 2.62. The number of hydrogen-bond donors (Lipinski definition) is 1. The van der Waals surface area contributed by atoms with Crippen LogP contribution < -0.4 is 0 Å². The molecular formula is C12H8ClF3N2O2.